The van der Waals surface area contributed by atoms with E-state index in [1.54, 1.807) is 0 Å². The number of nitrogens with one attached hydrogen (secondary N) is 2. The Bertz CT molecular complexity index is 297. The lowest BCUT2D eigenvalue weighted by atomic mass is 10.2. The van der Waals surface area contributed by atoms with Crippen LogP contribution >= 0.6 is 15.9 Å². The van der Waals surface area contributed by atoms with Gasteiger partial charge in [0.1, 0.15) is 10.4 Å². The number of aromatic nitrogens is 1. The minimum absolute atomic E-state index is 0.607. The maximum Gasteiger partial charge on any atom is 0.127 e. The fraction of sp³-hybridized carbons (Fsp3) is 0.500. The molecule has 1 aliphatic rings. The number of hydrogen-bond donors (Lipinski definition) is 2. The van der Waals surface area contributed by atoms with E-state index in [0.29, 0.717) is 6.04 Å². The number of pyridine rings is 1. The third-order valence-corrected chi connectivity index (χ3v) is 2.85. The van der Waals surface area contributed by atoms with Gasteiger partial charge in [-0.2, -0.15) is 0 Å². The van der Waals surface area contributed by atoms with Crippen molar-refractivity contribution in [3.63, 3.8) is 0 Å². The average molecular weight is 256 g/mol. The first kappa shape index (κ1) is 9.93. The third-order valence-electron chi connectivity index (χ3n) is 2.41. The van der Waals surface area contributed by atoms with Crippen molar-refractivity contribution in [1.82, 2.24) is 10.3 Å². The second-order valence-corrected chi connectivity index (χ2v) is 4.33. The lowest BCUT2D eigenvalue weighted by Gasteiger charge is -2.11. The number of nitrogens with zero attached hydrogens (tertiary/aromatic N) is 1. The maximum atomic E-state index is 4.31. The summed E-state index contributed by atoms with van der Waals surface area (Å²) in [5, 5.41) is 6.76. The molecule has 76 valence electrons. The van der Waals surface area contributed by atoms with Gasteiger partial charge in [-0.25, -0.2) is 4.98 Å². The van der Waals surface area contributed by atoms with E-state index in [1.165, 1.54) is 12.8 Å². The van der Waals surface area contributed by atoms with Gasteiger partial charge in [-0.1, -0.05) is 6.07 Å². The van der Waals surface area contributed by atoms with Crippen LogP contribution in [0, 0.1) is 0 Å². The van der Waals surface area contributed by atoms with Crippen LogP contribution in [0.1, 0.15) is 12.8 Å². The lowest BCUT2D eigenvalue weighted by molar-refractivity contribution is 0.632. The quantitative estimate of drug-likeness (QED) is 0.812. The number of hydrogen-bond acceptors (Lipinski definition) is 3. The number of anilines is 1. The molecule has 0 amide bonds. The van der Waals surface area contributed by atoms with Crippen LogP contribution in [0.25, 0.3) is 0 Å². The van der Waals surface area contributed by atoms with Gasteiger partial charge in [0, 0.05) is 12.6 Å². The van der Waals surface area contributed by atoms with Crippen LogP contribution < -0.4 is 10.6 Å². The Labute approximate surface area is 92.4 Å². The van der Waals surface area contributed by atoms with Crippen molar-refractivity contribution < 1.29 is 0 Å². The Morgan fingerprint density at radius 2 is 2.50 bits per heavy atom. The minimum atomic E-state index is 0.607. The summed E-state index contributed by atoms with van der Waals surface area (Å²) in [6.45, 7) is 2.11. The van der Waals surface area contributed by atoms with Crippen LogP contribution in [-0.4, -0.2) is 24.1 Å². The SMILES string of the molecule is Brc1cccc(NC[C@H]2CCCN2)n1. The Morgan fingerprint density at radius 3 is 3.21 bits per heavy atom. The summed E-state index contributed by atoms with van der Waals surface area (Å²) >= 11 is 3.35. The Kier molecular flexibility index (Phi) is 3.37. The largest absolute Gasteiger partial charge is 0.368 e. The summed E-state index contributed by atoms with van der Waals surface area (Å²) in [5.41, 5.74) is 0. The Balaban J connectivity index is 1.85. The Morgan fingerprint density at radius 1 is 1.57 bits per heavy atom. The first-order valence-corrected chi connectivity index (χ1v) is 5.74. The summed E-state index contributed by atoms with van der Waals surface area (Å²) in [5.74, 6) is 0.938. The normalized spacial score (nSPS) is 21.1. The topological polar surface area (TPSA) is 37.0 Å². The zero-order valence-electron chi connectivity index (χ0n) is 7.96. The van der Waals surface area contributed by atoms with Crippen LogP contribution in [0.15, 0.2) is 22.8 Å². The summed E-state index contributed by atoms with van der Waals surface area (Å²) in [6, 6.07) is 6.51. The number of rotatable bonds is 3. The molecular weight excluding hydrogens is 242 g/mol. The van der Waals surface area contributed by atoms with Gasteiger partial charge >= 0.3 is 0 Å². The second kappa shape index (κ2) is 4.75. The van der Waals surface area contributed by atoms with Crippen LogP contribution in [0.3, 0.4) is 0 Å². The van der Waals surface area contributed by atoms with Crippen molar-refractivity contribution in [2.75, 3.05) is 18.4 Å². The smallest absolute Gasteiger partial charge is 0.127 e. The molecule has 1 aliphatic heterocycles. The first-order chi connectivity index (χ1) is 6.84. The molecule has 0 unspecified atom stereocenters. The summed E-state index contributed by atoms with van der Waals surface area (Å²) in [7, 11) is 0. The summed E-state index contributed by atoms with van der Waals surface area (Å²) in [4.78, 5) is 4.31. The van der Waals surface area contributed by atoms with Crippen molar-refractivity contribution >= 4 is 21.7 Å². The highest BCUT2D eigenvalue weighted by Crippen LogP contribution is 2.11. The first-order valence-electron chi connectivity index (χ1n) is 4.94. The van der Waals surface area contributed by atoms with E-state index in [-0.39, 0.29) is 0 Å². The summed E-state index contributed by atoms with van der Waals surface area (Å²) in [6.07, 6.45) is 2.55. The fourth-order valence-corrected chi connectivity index (χ4v) is 2.01. The van der Waals surface area contributed by atoms with Crippen molar-refractivity contribution in [3.8, 4) is 0 Å². The van der Waals surface area contributed by atoms with E-state index in [0.717, 1.165) is 23.5 Å². The monoisotopic (exact) mass is 255 g/mol. The molecule has 1 atom stereocenters. The molecule has 0 spiro atoms. The van der Waals surface area contributed by atoms with E-state index in [2.05, 4.69) is 31.5 Å². The molecule has 0 aliphatic carbocycles. The zero-order chi connectivity index (χ0) is 9.80. The molecule has 14 heavy (non-hydrogen) atoms. The molecular formula is C10H14BrN3. The van der Waals surface area contributed by atoms with Gasteiger partial charge in [0.2, 0.25) is 0 Å². The van der Waals surface area contributed by atoms with Crippen molar-refractivity contribution in [3.05, 3.63) is 22.8 Å². The standard InChI is InChI=1S/C10H14BrN3/c11-9-4-1-5-10(14-9)13-7-8-3-2-6-12-8/h1,4-5,8,12H,2-3,6-7H2,(H,13,14)/t8-/m1/s1. The molecule has 3 nitrogen and oxygen atoms in total. The van der Waals surface area contributed by atoms with Gasteiger partial charge in [-0.3, -0.25) is 0 Å². The molecule has 0 bridgehead atoms. The van der Waals surface area contributed by atoms with Crippen LogP contribution in [0.2, 0.25) is 0 Å². The molecule has 1 saturated heterocycles. The predicted octanol–water partition coefficient (Wildman–Crippen LogP) is 2.01. The molecule has 0 aromatic carbocycles. The van der Waals surface area contributed by atoms with Gasteiger partial charge < -0.3 is 10.6 Å². The molecule has 1 fully saturated rings. The van der Waals surface area contributed by atoms with Crippen LogP contribution in [0.4, 0.5) is 5.82 Å². The van der Waals surface area contributed by atoms with E-state index in [1.807, 2.05) is 18.2 Å². The molecule has 2 N–H and O–H groups in total. The van der Waals surface area contributed by atoms with Gasteiger partial charge in [-0.15, -0.1) is 0 Å². The van der Waals surface area contributed by atoms with Gasteiger partial charge in [0.15, 0.2) is 0 Å². The van der Waals surface area contributed by atoms with E-state index in [4.69, 9.17) is 0 Å². The van der Waals surface area contributed by atoms with E-state index < -0.39 is 0 Å². The van der Waals surface area contributed by atoms with Gasteiger partial charge in [0.25, 0.3) is 0 Å². The third kappa shape index (κ3) is 2.69. The van der Waals surface area contributed by atoms with Crippen molar-refractivity contribution in [2.45, 2.75) is 18.9 Å². The fourth-order valence-electron chi connectivity index (χ4n) is 1.67. The Hall–Kier alpha value is -0.610. The van der Waals surface area contributed by atoms with E-state index >= 15 is 0 Å². The molecule has 1 aromatic heterocycles. The number of halogens is 1. The molecule has 0 radical (unpaired) electrons. The van der Waals surface area contributed by atoms with Crippen molar-refractivity contribution in [1.29, 1.82) is 0 Å². The molecule has 2 heterocycles. The minimum Gasteiger partial charge on any atom is -0.368 e. The lowest BCUT2D eigenvalue weighted by Crippen LogP contribution is -2.29. The molecule has 1 aromatic rings. The molecule has 0 saturated carbocycles. The highest BCUT2D eigenvalue weighted by Gasteiger charge is 2.13. The zero-order valence-corrected chi connectivity index (χ0v) is 9.55. The average Bonchev–Trinajstić information content (AvgIpc) is 2.67. The van der Waals surface area contributed by atoms with Gasteiger partial charge in [0.05, 0.1) is 0 Å². The highest BCUT2D eigenvalue weighted by atomic mass is 79.9. The molecule has 4 heteroatoms. The summed E-state index contributed by atoms with van der Waals surface area (Å²) < 4.78 is 0.877. The van der Waals surface area contributed by atoms with Crippen molar-refractivity contribution in [2.24, 2.45) is 0 Å². The second-order valence-electron chi connectivity index (χ2n) is 3.52. The van der Waals surface area contributed by atoms with Crippen LogP contribution in [-0.2, 0) is 0 Å². The molecule has 2 rings (SSSR count). The van der Waals surface area contributed by atoms with Gasteiger partial charge in [-0.05, 0) is 47.4 Å². The van der Waals surface area contributed by atoms with Crippen LogP contribution in [0.5, 0.6) is 0 Å². The highest BCUT2D eigenvalue weighted by molar-refractivity contribution is 9.10. The maximum absolute atomic E-state index is 4.31. The van der Waals surface area contributed by atoms with E-state index in [9.17, 15) is 0 Å². The predicted molar refractivity (Wildman–Crippen MR) is 61.5 cm³/mol.